The Morgan fingerprint density at radius 3 is 2.67 bits per heavy atom. The molecule has 0 spiro atoms. The number of carbonyl (C=O) groups is 1. The van der Waals surface area contributed by atoms with Crippen LogP contribution < -0.4 is 0 Å². The SMILES string of the molecule is CCn1c(C)nc([N+](=O)[O-])c1CC(=O)O. The first-order valence-electron chi connectivity index (χ1n) is 4.39. The molecule has 0 aliphatic carbocycles. The molecule has 7 nitrogen and oxygen atoms in total. The van der Waals surface area contributed by atoms with E-state index < -0.39 is 10.9 Å². The van der Waals surface area contributed by atoms with E-state index >= 15 is 0 Å². The molecule has 7 heteroatoms. The predicted octanol–water partition coefficient (Wildman–Crippen LogP) is 0.747. The first-order valence-corrected chi connectivity index (χ1v) is 4.39. The van der Waals surface area contributed by atoms with Gasteiger partial charge >= 0.3 is 11.8 Å². The van der Waals surface area contributed by atoms with Crippen LogP contribution in [0.5, 0.6) is 0 Å². The lowest BCUT2D eigenvalue weighted by molar-refractivity contribution is -0.390. The molecule has 0 aliphatic rings. The van der Waals surface area contributed by atoms with E-state index in [0.717, 1.165) is 0 Å². The zero-order chi connectivity index (χ0) is 11.6. The van der Waals surface area contributed by atoms with Gasteiger partial charge in [0.2, 0.25) is 5.82 Å². The molecule has 0 radical (unpaired) electrons. The Kier molecular flexibility index (Phi) is 3.03. The highest BCUT2D eigenvalue weighted by Crippen LogP contribution is 2.19. The second kappa shape index (κ2) is 4.07. The van der Waals surface area contributed by atoms with Crippen LogP contribution >= 0.6 is 0 Å². The van der Waals surface area contributed by atoms with E-state index in [0.29, 0.717) is 12.4 Å². The first kappa shape index (κ1) is 11.2. The van der Waals surface area contributed by atoms with Crippen molar-refractivity contribution in [2.45, 2.75) is 26.8 Å². The number of imidazole rings is 1. The lowest BCUT2D eigenvalue weighted by atomic mass is 10.3. The molecule has 0 aliphatic heterocycles. The summed E-state index contributed by atoms with van der Waals surface area (Å²) in [6.45, 7) is 3.86. The molecule has 0 fully saturated rings. The molecule has 0 saturated heterocycles. The zero-order valence-corrected chi connectivity index (χ0v) is 8.43. The van der Waals surface area contributed by atoms with E-state index in [9.17, 15) is 14.9 Å². The van der Waals surface area contributed by atoms with Crippen LogP contribution in [0.3, 0.4) is 0 Å². The fourth-order valence-electron chi connectivity index (χ4n) is 1.48. The minimum Gasteiger partial charge on any atom is -0.481 e. The Morgan fingerprint density at radius 2 is 2.27 bits per heavy atom. The number of aromatic nitrogens is 2. The van der Waals surface area contributed by atoms with Crippen molar-refractivity contribution in [3.63, 3.8) is 0 Å². The molecule has 1 rings (SSSR count). The number of aryl methyl sites for hydroxylation is 1. The van der Waals surface area contributed by atoms with Gasteiger partial charge in [0, 0.05) is 13.5 Å². The van der Waals surface area contributed by atoms with Crippen molar-refractivity contribution in [3.8, 4) is 0 Å². The summed E-state index contributed by atoms with van der Waals surface area (Å²) < 4.78 is 1.53. The van der Waals surface area contributed by atoms with Crippen molar-refractivity contribution in [3.05, 3.63) is 21.6 Å². The molecule has 0 saturated carbocycles. The number of aliphatic carboxylic acids is 1. The molecule has 1 aromatic heterocycles. The normalized spacial score (nSPS) is 10.3. The number of hydrogen-bond donors (Lipinski definition) is 1. The van der Waals surface area contributed by atoms with Crippen molar-refractivity contribution in [2.24, 2.45) is 0 Å². The monoisotopic (exact) mass is 213 g/mol. The average molecular weight is 213 g/mol. The minimum absolute atomic E-state index is 0.146. The Bertz CT molecular complexity index is 410. The molecule has 82 valence electrons. The van der Waals surface area contributed by atoms with Gasteiger partial charge in [0.1, 0.15) is 5.69 Å². The topological polar surface area (TPSA) is 98.3 Å². The largest absolute Gasteiger partial charge is 0.481 e. The summed E-state index contributed by atoms with van der Waals surface area (Å²) >= 11 is 0. The Labute approximate surface area is 85.5 Å². The van der Waals surface area contributed by atoms with Gasteiger partial charge in [-0.1, -0.05) is 0 Å². The molecule has 1 aromatic rings. The number of rotatable bonds is 4. The molecule has 0 unspecified atom stereocenters. The summed E-state index contributed by atoms with van der Waals surface area (Å²) in [6, 6.07) is 0. The number of hydrogen-bond acceptors (Lipinski definition) is 4. The van der Waals surface area contributed by atoms with Gasteiger partial charge in [-0.05, 0) is 16.8 Å². The van der Waals surface area contributed by atoms with Crippen LogP contribution in [0.25, 0.3) is 0 Å². The zero-order valence-electron chi connectivity index (χ0n) is 8.43. The van der Waals surface area contributed by atoms with Crippen LogP contribution in [-0.4, -0.2) is 25.6 Å². The lowest BCUT2D eigenvalue weighted by Crippen LogP contribution is -2.09. The van der Waals surface area contributed by atoms with Crippen LogP contribution in [0.15, 0.2) is 0 Å². The van der Waals surface area contributed by atoms with Crippen LogP contribution in [0.1, 0.15) is 18.4 Å². The highest BCUT2D eigenvalue weighted by atomic mass is 16.6. The van der Waals surface area contributed by atoms with Crippen LogP contribution in [0, 0.1) is 17.0 Å². The standard InChI is InChI=1S/C8H11N3O4/c1-3-10-5(2)9-8(11(14)15)6(10)4-7(12)13/h3-4H2,1-2H3,(H,12,13). The van der Waals surface area contributed by atoms with E-state index in [-0.39, 0.29) is 17.9 Å². The second-order valence-electron chi connectivity index (χ2n) is 3.00. The molecule has 0 aromatic carbocycles. The molecular weight excluding hydrogens is 202 g/mol. The summed E-state index contributed by atoms with van der Waals surface area (Å²) in [5.74, 6) is -1.01. The van der Waals surface area contributed by atoms with E-state index in [1.807, 2.05) is 0 Å². The summed E-state index contributed by atoms with van der Waals surface area (Å²) in [5.41, 5.74) is 0.146. The van der Waals surface area contributed by atoms with Gasteiger partial charge in [-0.2, -0.15) is 0 Å². The minimum atomic E-state index is -1.10. The molecule has 0 amide bonds. The van der Waals surface area contributed by atoms with Crippen LogP contribution in [0.4, 0.5) is 5.82 Å². The molecule has 1 N–H and O–H groups in total. The van der Waals surface area contributed by atoms with Gasteiger partial charge in [0.15, 0.2) is 0 Å². The highest BCUT2D eigenvalue weighted by molar-refractivity contribution is 5.71. The van der Waals surface area contributed by atoms with Crippen molar-refractivity contribution >= 4 is 11.8 Å². The molecule has 1 heterocycles. The Hall–Kier alpha value is -1.92. The summed E-state index contributed by atoms with van der Waals surface area (Å²) in [5, 5.41) is 19.3. The maximum atomic E-state index is 10.6. The fraction of sp³-hybridized carbons (Fsp3) is 0.500. The van der Waals surface area contributed by atoms with Gasteiger partial charge < -0.3 is 19.8 Å². The van der Waals surface area contributed by atoms with Crippen molar-refractivity contribution in [1.29, 1.82) is 0 Å². The van der Waals surface area contributed by atoms with Gasteiger partial charge in [-0.15, -0.1) is 0 Å². The predicted molar refractivity (Wildman–Crippen MR) is 50.6 cm³/mol. The van der Waals surface area contributed by atoms with Crippen molar-refractivity contribution in [2.75, 3.05) is 0 Å². The van der Waals surface area contributed by atoms with Gasteiger partial charge in [-0.3, -0.25) is 4.79 Å². The van der Waals surface area contributed by atoms with E-state index in [4.69, 9.17) is 5.11 Å². The number of nitro groups is 1. The molecule has 15 heavy (non-hydrogen) atoms. The van der Waals surface area contributed by atoms with Gasteiger partial charge in [-0.25, -0.2) is 0 Å². The molecule has 0 atom stereocenters. The summed E-state index contributed by atoms with van der Waals surface area (Å²) in [7, 11) is 0. The Balaban J connectivity index is 3.28. The third-order valence-corrected chi connectivity index (χ3v) is 2.05. The quantitative estimate of drug-likeness (QED) is 0.587. The third kappa shape index (κ3) is 2.12. The lowest BCUT2D eigenvalue weighted by Gasteiger charge is -2.02. The maximum Gasteiger partial charge on any atom is 0.385 e. The third-order valence-electron chi connectivity index (χ3n) is 2.05. The van der Waals surface area contributed by atoms with Gasteiger partial charge in [0.25, 0.3) is 0 Å². The Morgan fingerprint density at radius 1 is 1.67 bits per heavy atom. The summed E-state index contributed by atoms with van der Waals surface area (Å²) in [6.07, 6.45) is -0.384. The van der Waals surface area contributed by atoms with Crippen molar-refractivity contribution < 1.29 is 14.8 Å². The second-order valence-corrected chi connectivity index (χ2v) is 3.00. The number of nitrogens with zero attached hydrogens (tertiary/aromatic N) is 3. The molecular formula is C8H11N3O4. The van der Waals surface area contributed by atoms with E-state index in [1.165, 1.54) is 4.57 Å². The summed E-state index contributed by atoms with van der Waals surface area (Å²) in [4.78, 5) is 24.3. The highest BCUT2D eigenvalue weighted by Gasteiger charge is 2.25. The van der Waals surface area contributed by atoms with Crippen LogP contribution in [0.2, 0.25) is 0 Å². The van der Waals surface area contributed by atoms with Crippen LogP contribution in [-0.2, 0) is 17.8 Å². The number of carboxylic acids is 1. The van der Waals surface area contributed by atoms with Gasteiger partial charge in [0.05, 0.1) is 6.42 Å². The number of carboxylic acid groups (broad SMARTS) is 1. The maximum absolute atomic E-state index is 10.6. The smallest absolute Gasteiger partial charge is 0.385 e. The van der Waals surface area contributed by atoms with E-state index in [2.05, 4.69) is 4.98 Å². The first-order chi connectivity index (χ1) is 6.97. The van der Waals surface area contributed by atoms with Crippen molar-refractivity contribution in [1.82, 2.24) is 9.55 Å². The fourth-order valence-corrected chi connectivity index (χ4v) is 1.48. The average Bonchev–Trinajstić information content (AvgIpc) is 2.41. The molecule has 0 bridgehead atoms. The van der Waals surface area contributed by atoms with E-state index in [1.54, 1.807) is 13.8 Å².